The average Bonchev–Trinajstić information content (AvgIpc) is 2.75. The number of hydrogen-bond donors (Lipinski definition) is 2. The lowest BCUT2D eigenvalue weighted by Gasteiger charge is -2.40. The fourth-order valence-electron chi connectivity index (χ4n) is 3.64. The number of nitrogens with one attached hydrogen (secondary N) is 1. The highest BCUT2D eigenvalue weighted by Crippen LogP contribution is 2.36. The van der Waals surface area contributed by atoms with E-state index in [1.165, 1.54) is 23.4 Å². The molecule has 34 heavy (non-hydrogen) atoms. The quantitative estimate of drug-likeness (QED) is 0.398. The fraction of sp³-hybridized carbons (Fsp3) is 0.292. The molecule has 3 aromatic rings. The molecule has 0 unspecified atom stereocenters. The Hall–Kier alpha value is -3.33. The molecule has 0 aliphatic rings. The largest absolute Gasteiger partial charge is 0.465 e. The van der Waals surface area contributed by atoms with Crippen molar-refractivity contribution < 1.29 is 23.1 Å². The highest BCUT2D eigenvalue weighted by atomic mass is 35.5. The van der Waals surface area contributed by atoms with E-state index in [4.69, 9.17) is 11.6 Å². The number of hydrogen-bond acceptors (Lipinski definition) is 4. The summed E-state index contributed by atoms with van der Waals surface area (Å²) in [5.41, 5.74) is -0.0368. The standard InChI is InChI=1S/C24H24ClF3N4O2/c1-23(2,3)32(22(33)34)20(15-7-5-4-6-8-15)13-29-21-12-19(30-14-31-21)16-9-10-17(18(25)11-16)24(26,27)28/h4-12,14,20H,13H2,1-3H3,(H,33,34)(H,29,30,31)/t20-/m0/s1. The zero-order valence-corrected chi connectivity index (χ0v) is 19.5. The van der Waals surface area contributed by atoms with E-state index >= 15 is 0 Å². The highest BCUT2D eigenvalue weighted by Gasteiger charge is 2.34. The average molecular weight is 493 g/mol. The minimum atomic E-state index is -4.55. The summed E-state index contributed by atoms with van der Waals surface area (Å²) in [7, 11) is 0. The summed E-state index contributed by atoms with van der Waals surface area (Å²) in [5, 5.41) is 12.6. The lowest BCUT2D eigenvalue weighted by atomic mass is 9.98. The Bertz CT molecular complexity index is 1150. The van der Waals surface area contributed by atoms with E-state index < -0.39 is 34.4 Å². The molecule has 1 aromatic heterocycles. The number of carboxylic acid groups (broad SMARTS) is 1. The molecule has 3 rings (SSSR count). The molecule has 0 saturated heterocycles. The van der Waals surface area contributed by atoms with Crippen molar-refractivity contribution in [3.63, 3.8) is 0 Å². The molecule has 6 nitrogen and oxygen atoms in total. The smallest absolute Gasteiger partial charge is 0.417 e. The van der Waals surface area contributed by atoms with Crippen molar-refractivity contribution in [2.24, 2.45) is 0 Å². The van der Waals surface area contributed by atoms with Crippen LogP contribution in [0.1, 0.15) is 37.9 Å². The zero-order valence-electron chi connectivity index (χ0n) is 18.8. The highest BCUT2D eigenvalue weighted by molar-refractivity contribution is 6.31. The number of nitrogens with zero attached hydrogens (tertiary/aromatic N) is 3. The maximum Gasteiger partial charge on any atom is 0.417 e. The third-order valence-corrected chi connectivity index (χ3v) is 5.45. The molecule has 0 spiro atoms. The molecule has 0 aliphatic carbocycles. The first-order valence-electron chi connectivity index (χ1n) is 10.4. The van der Waals surface area contributed by atoms with E-state index in [0.717, 1.165) is 11.6 Å². The van der Waals surface area contributed by atoms with Gasteiger partial charge in [0.2, 0.25) is 0 Å². The second-order valence-corrected chi connectivity index (χ2v) is 9.02. The third-order valence-electron chi connectivity index (χ3n) is 5.14. The number of amides is 1. The van der Waals surface area contributed by atoms with Crippen molar-refractivity contribution in [1.82, 2.24) is 14.9 Å². The predicted molar refractivity (Wildman–Crippen MR) is 125 cm³/mol. The van der Waals surface area contributed by atoms with E-state index in [2.05, 4.69) is 15.3 Å². The molecule has 2 N–H and O–H groups in total. The third kappa shape index (κ3) is 5.96. The second-order valence-electron chi connectivity index (χ2n) is 8.61. The second kappa shape index (κ2) is 9.89. The summed E-state index contributed by atoms with van der Waals surface area (Å²) in [5.74, 6) is 0.390. The first-order valence-corrected chi connectivity index (χ1v) is 10.8. The van der Waals surface area contributed by atoms with Gasteiger partial charge in [-0.05, 0) is 38.5 Å². The Labute approximate surface area is 200 Å². The monoisotopic (exact) mass is 492 g/mol. The van der Waals surface area contributed by atoms with Crippen molar-refractivity contribution in [3.05, 3.63) is 77.1 Å². The van der Waals surface area contributed by atoms with E-state index in [-0.39, 0.29) is 6.54 Å². The van der Waals surface area contributed by atoms with Gasteiger partial charge in [0.1, 0.15) is 12.1 Å². The van der Waals surface area contributed by atoms with Crippen LogP contribution in [0.3, 0.4) is 0 Å². The Morgan fingerprint density at radius 1 is 1.09 bits per heavy atom. The van der Waals surface area contributed by atoms with Gasteiger partial charge in [-0.2, -0.15) is 13.2 Å². The van der Waals surface area contributed by atoms with Gasteiger partial charge in [0.15, 0.2) is 0 Å². The Kier molecular flexibility index (Phi) is 7.35. The minimum Gasteiger partial charge on any atom is -0.465 e. The number of halogens is 4. The van der Waals surface area contributed by atoms with Gasteiger partial charge in [0.25, 0.3) is 0 Å². The van der Waals surface area contributed by atoms with Crippen molar-refractivity contribution >= 4 is 23.5 Å². The van der Waals surface area contributed by atoms with Crippen molar-refractivity contribution in [1.29, 1.82) is 0 Å². The summed E-state index contributed by atoms with van der Waals surface area (Å²) < 4.78 is 39.0. The topological polar surface area (TPSA) is 78.4 Å². The van der Waals surface area contributed by atoms with Crippen LogP contribution in [0.5, 0.6) is 0 Å². The van der Waals surface area contributed by atoms with Crippen LogP contribution in [0.25, 0.3) is 11.3 Å². The minimum absolute atomic E-state index is 0.206. The Morgan fingerprint density at radius 3 is 2.32 bits per heavy atom. The summed E-state index contributed by atoms with van der Waals surface area (Å²) in [6.07, 6.45) is -4.34. The zero-order chi connectivity index (χ0) is 25.1. The Morgan fingerprint density at radius 2 is 1.76 bits per heavy atom. The van der Waals surface area contributed by atoms with E-state index in [1.807, 2.05) is 51.1 Å². The maximum absolute atomic E-state index is 13.0. The lowest BCUT2D eigenvalue weighted by Crippen LogP contribution is -2.49. The maximum atomic E-state index is 13.0. The fourth-order valence-corrected chi connectivity index (χ4v) is 3.93. The van der Waals surface area contributed by atoms with Crippen LogP contribution >= 0.6 is 11.6 Å². The van der Waals surface area contributed by atoms with E-state index in [0.29, 0.717) is 17.1 Å². The molecule has 1 atom stereocenters. The summed E-state index contributed by atoms with van der Waals surface area (Å²) in [4.78, 5) is 21.8. The van der Waals surface area contributed by atoms with Crippen LogP contribution in [0.15, 0.2) is 60.9 Å². The van der Waals surface area contributed by atoms with Crippen LogP contribution in [-0.4, -0.2) is 38.2 Å². The first-order chi connectivity index (χ1) is 15.9. The number of benzene rings is 2. The van der Waals surface area contributed by atoms with Gasteiger partial charge in [-0.1, -0.05) is 48.0 Å². The molecule has 10 heteroatoms. The molecule has 180 valence electrons. The number of carbonyl (C=O) groups is 1. The van der Waals surface area contributed by atoms with Gasteiger partial charge in [-0.3, -0.25) is 4.90 Å². The lowest BCUT2D eigenvalue weighted by molar-refractivity contribution is -0.137. The van der Waals surface area contributed by atoms with Crippen LogP contribution in [0.4, 0.5) is 23.8 Å². The summed E-state index contributed by atoms with van der Waals surface area (Å²) in [6.45, 7) is 5.65. The van der Waals surface area contributed by atoms with Crippen molar-refractivity contribution in [2.75, 3.05) is 11.9 Å². The van der Waals surface area contributed by atoms with Crippen molar-refractivity contribution in [3.8, 4) is 11.3 Å². The van der Waals surface area contributed by atoms with Crippen LogP contribution < -0.4 is 5.32 Å². The molecule has 1 amide bonds. The van der Waals surface area contributed by atoms with Crippen LogP contribution in [0.2, 0.25) is 5.02 Å². The van der Waals surface area contributed by atoms with E-state index in [1.54, 1.807) is 6.07 Å². The molecular weight excluding hydrogens is 469 g/mol. The molecule has 0 aliphatic heterocycles. The molecular formula is C24H24ClF3N4O2. The number of anilines is 1. The van der Waals surface area contributed by atoms with Gasteiger partial charge >= 0.3 is 12.3 Å². The van der Waals surface area contributed by atoms with Gasteiger partial charge < -0.3 is 10.4 Å². The SMILES string of the molecule is CC(C)(C)N(C(=O)O)[C@@H](CNc1cc(-c2ccc(C(F)(F)F)c(Cl)c2)ncn1)c1ccccc1. The molecule has 1 heterocycles. The summed E-state index contributed by atoms with van der Waals surface area (Å²) in [6, 6.07) is 13.7. The van der Waals surface area contributed by atoms with E-state index in [9.17, 15) is 23.1 Å². The van der Waals surface area contributed by atoms with Gasteiger partial charge in [0, 0.05) is 23.7 Å². The normalized spacial score (nSPS) is 12.8. The van der Waals surface area contributed by atoms with Gasteiger partial charge in [0.05, 0.1) is 22.3 Å². The number of alkyl halides is 3. The summed E-state index contributed by atoms with van der Waals surface area (Å²) >= 11 is 5.84. The molecule has 0 bridgehead atoms. The molecule has 0 fully saturated rings. The number of rotatable bonds is 6. The number of aromatic nitrogens is 2. The van der Waals surface area contributed by atoms with Crippen LogP contribution in [-0.2, 0) is 6.18 Å². The van der Waals surface area contributed by atoms with Crippen molar-refractivity contribution in [2.45, 2.75) is 38.5 Å². The van der Waals surface area contributed by atoms with Crippen LogP contribution in [0, 0.1) is 0 Å². The molecule has 0 radical (unpaired) electrons. The Balaban J connectivity index is 1.88. The molecule has 0 saturated carbocycles. The molecule has 2 aromatic carbocycles. The first kappa shape index (κ1) is 25.3. The van der Waals surface area contributed by atoms with Gasteiger partial charge in [-0.25, -0.2) is 14.8 Å². The van der Waals surface area contributed by atoms with Gasteiger partial charge in [-0.15, -0.1) is 0 Å². The predicted octanol–water partition coefficient (Wildman–Crippen LogP) is 6.75.